The quantitative estimate of drug-likeness (QED) is 0.639. The van der Waals surface area contributed by atoms with Crippen LogP contribution in [0, 0.1) is 5.82 Å². The van der Waals surface area contributed by atoms with E-state index in [2.05, 4.69) is 5.32 Å². The number of carbonyl (C=O) groups is 1. The molecule has 1 fully saturated rings. The third-order valence-electron chi connectivity index (χ3n) is 2.91. The minimum atomic E-state index is -0.190. The first-order valence-corrected chi connectivity index (χ1v) is 4.36. The van der Waals surface area contributed by atoms with Gasteiger partial charge in [0.25, 0.3) is 0 Å². The van der Waals surface area contributed by atoms with Gasteiger partial charge in [0.05, 0.1) is 12.0 Å². The van der Waals surface area contributed by atoms with Gasteiger partial charge in [-0.15, -0.1) is 0 Å². The topological polar surface area (TPSA) is 29.1 Å². The van der Waals surface area contributed by atoms with E-state index in [0.717, 1.165) is 12.0 Å². The molecule has 1 heterocycles. The maximum atomic E-state index is 13.3. The first-order valence-electron chi connectivity index (χ1n) is 4.36. The molecule has 2 unspecified atom stereocenters. The molecule has 3 rings (SSSR count). The fraction of sp³-hybridized carbons (Fsp3) is 0.300. The van der Waals surface area contributed by atoms with Gasteiger partial charge in [-0.2, -0.15) is 0 Å². The largest absolute Gasteiger partial charge is 0.349 e. The van der Waals surface area contributed by atoms with Crippen molar-refractivity contribution in [3.8, 4) is 0 Å². The Labute approximate surface area is 74.8 Å². The van der Waals surface area contributed by atoms with Crippen LogP contribution < -0.4 is 5.32 Å². The highest BCUT2D eigenvalue weighted by molar-refractivity contribution is 5.89. The Morgan fingerprint density at radius 2 is 2.31 bits per heavy atom. The molecular weight excluding hydrogens is 169 g/mol. The van der Waals surface area contributed by atoms with Gasteiger partial charge >= 0.3 is 0 Å². The molecule has 2 bridgehead atoms. The number of carbonyl (C=O) groups excluding carboxylic acids is 1. The van der Waals surface area contributed by atoms with Crippen molar-refractivity contribution in [1.29, 1.82) is 0 Å². The third kappa shape index (κ3) is 0.742. The van der Waals surface area contributed by atoms with Crippen LogP contribution in [0.5, 0.6) is 0 Å². The fourth-order valence-corrected chi connectivity index (χ4v) is 2.36. The van der Waals surface area contributed by atoms with Gasteiger partial charge in [0, 0.05) is 5.56 Å². The number of halogens is 1. The summed E-state index contributed by atoms with van der Waals surface area (Å²) in [5.74, 6) is -0.246. The van der Waals surface area contributed by atoms with Gasteiger partial charge in [0.2, 0.25) is 5.91 Å². The van der Waals surface area contributed by atoms with E-state index in [4.69, 9.17) is 0 Å². The standard InChI is InChI=1S/C10H8FNO/c11-7-3-1-2-5-6-4-8(9(5)7)12-10(6)13/h1-3,6,8H,4H2,(H,12,13). The van der Waals surface area contributed by atoms with E-state index in [0.29, 0.717) is 5.56 Å². The van der Waals surface area contributed by atoms with Crippen LogP contribution in [0.15, 0.2) is 18.2 Å². The molecular formula is C10H8FNO. The zero-order chi connectivity index (χ0) is 9.00. The van der Waals surface area contributed by atoms with Crippen molar-refractivity contribution >= 4 is 5.91 Å². The molecule has 0 saturated carbocycles. The molecule has 2 aliphatic rings. The van der Waals surface area contributed by atoms with Gasteiger partial charge in [-0.05, 0) is 18.1 Å². The van der Waals surface area contributed by atoms with Crippen molar-refractivity contribution < 1.29 is 9.18 Å². The van der Waals surface area contributed by atoms with Crippen LogP contribution in [0.1, 0.15) is 29.5 Å². The first-order chi connectivity index (χ1) is 6.27. The summed E-state index contributed by atoms with van der Waals surface area (Å²) in [7, 11) is 0. The average Bonchev–Trinajstić information content (AvgIpc) is 2.61. The summed E-state index contributed by atoms with van der Waals surface area (Å²) in [6.07, 6.45) is 0.731. The summed E-state index contributed by atoms with van der Waals surface area (Å²) in [6.45, 7) is 0. The highest BCUT2D eigenvalue weighted by atomic mass is 19.1. The molecule has 3 heteroatoms. The van der Waals surface area contributed by atoms with E-state index in [1.54, 1.807) is 6.07 Å². The molecule has 1 N–H and O–H groups in total. The molecule has 0 radical (unpaired) electrons. The van der Waals surface area contributed by atoms with Crippen molar-refractivity contribution in [1.82, 2.24) is 5.32 Å². The van der Waals surface area contributed by atoms with Crippen LogP contribution in [0.3, 0.4) is 0 Å². The molecule has 1 amide bonds. The van der Waals surface area contributed by atoms with Gasteiger partial charge < -0.3 is 5.32 Å². The number of hydrogen-bond acceptors (Lipinski definition) is 1. The summed E-state index contributed by atoms with van der Waals surface area (Å²) in [4.78, 5) is 11.3. The van der Waals surface area contributed by atoms with Crippen LogP contribution in [0.4, 0.5) is 4.39 Å². The summed E-state index contributed by atoms with van der Waals surface area (Å²) in [6, 6.07) is 4.89. The number of benzene rings is 1. The highest BCUT2D eigenvalue weighted by Crippen LogP contribution is 2.46. The molecule has 1 aliphatic heterocycles. The molecule has 1 aromatic carbocycles. The van der Waals surface area contributed by atoms with E-state index >= 15 is 0 Å². The van der Waals surface area contributed by atoms with Gasteiger partial charge in [0.15, 0.2) is 0 Å². The van der Waals surface area contributed by atoms with E-state index in [1.807, 2.05) is 6.07 Å². The Morgan fingerprint density at radius 1 is 1.46 bits per heavy atom. The second kappa shape index (κ2) is 2.10. The normalized spacial score (nSPS) is 28.8. The van der Waals surface area contributed by atoms with E-state index < -0.39 is 0 Å². The zero-order valence-electron chi connectivity index (χ0n) is 6.88. The molecule has 1 aliphatic carbocycles. The summed E-state index contributed by atoms with van der Waals surface area (Å²) in [5, 5.41) is 2.77. The Bertz CT molecular complexity index is 402. The van der Waals surface area contributed by atoms with Gasteiger partial charge in [-0.1, -0.05) is 12.1 Å². The second-order valence-corrected chi connectivity index (χ2v) is 3.59. The fourth-order valence-electron chi connectivity index (χ4n) is 2.36. The number of rotatable bonds is 0. The molecule has 2 atom stereocenters. The van der Waals surface area contributed by atoms with Crippen molar-refractivity contribution in [2.75, 3.05) is 0 Å². The van der Waals surface area contributed by atoms with Crippen LogP contribution in [-0.2, 0) is 4.79 Å². The maximum Gasteiger partial charge on any atom is 0.228 e. The van der Waals surface area contributed by atoms with E-state index in [9.17, 15) is 9.18 Å². The molecule has 0 spiro atoms. The zero-order valence-corrected chi connectivity index (χ0v) is 6.88. The number of nitrogens with one attached hydrogen (secondary N) is 1. The number of fused-ring (bicyclic) bond motifs is 5. The first kappa shape index (κ1) is 7.06. The van der Waals surface area contributed by atoms with Gasteiger partial charge in [-0.25, -0.2) is 4.39 Å². The van der Waals surface area contributed by atoms with Crippen molar-refractivity contribution in [2.45, 2.75) is 18.4 Å². The predicted octanol–water partition coefficient (Wildman–Crippen LogP) is 1.48. The van der Waals surface area contributed by atoms with Crippen molar-refractivity contribution in [2.24, 2.45) is 0 Å². The minimum absolute atomic E-state index is 0.0445. The van der Waals surface area contributed by atoms with Crippen LogP contribution >= 0.6 is 0 Å². The highest BCUT2D eigenvalue weighted by Gasteiger charge is 2.44. The lowest BCUT2D eigenvalue weighted by Gasteiger charge is -2.16. The summed E-state index contributed by atoms with van der Waals surface area (Å²) < 4.78 is 13.3. The monoisotopic (exact) mass is 177 g/mol. The second-order valence-electron chi connectivity index (χ2n) is 3.59. The number of hydrogen-bond donors (Lipinski definition) is 1. The molecule has 66 valence electrons. The van der Waals surface area contributed by atoms with Crippen LogP contribution in [0.25, 0.3) is 0 Å². The Kier molecular flexibility index (Phi) is 1.14. The lowest BCUT2D eigenvalue weighted by Crippen LogP contribution is -2.26. The molecule has 2 nitrogen and oxygen atoms in total. The van der Waals surface area contributed by atoms with E-state index in [-0.39, 0.29) is 23.7 Å². The summed E-state index contributed by atoms with van der Waals surface area (Å²) >= 11 is 0. The van der Waals surface area contributed by atoms with E-state index in [1.165, 1.54) is 6.07 Å². The molecule has 13 heavy (non-hydrogen) atoms. The molecule has 1 saturated heterocycles. The summed E-state index contributed by atoms with van der Waals surface area (Å²) in [5.41, 5.74) is 1.58. The lowest BCUT2D eigenvalue weighted by atomic mass is 9.99. The Morgan fingerprint density at radius 3 is 3.15 bits per heavy atom. The van der Waals surface area contributed by atoms with Gasteiger partial charge in [0.1, 0.15) is 5.82 Å². The lowest BCUT2D eigenvalue weighted by molar-refractivity contribution is -0.120. The van der Waals surface area contributed by atoms with Crippen molar-refractivity contribution in [3.05, 3.63) is 35.1 Å². The third-order valence-corrected chi connectivity index (χ3v) is 2.91. The minimum Gasteiger partial charge on any atom is -0.349 e. The van der Waals surface area contributed by atoms with Crippen LogP contribution in [-0.4, -0.2) is 5.91 Å². The van der Waals surface area contributed by atoms with Gasteiger partial charge in [-0.3, -0.25) is 4.79 Å². The smallest absolute Gasteiger partial charge is 0.228 e. The molecule has 0 aromatic heterocycles. The maximum absolute atomic E-state index is 13.3. The SMILES string of the molecule is O=C1NC2CC1c1cccc(F)c12. The molecule has 1 aromatic rings. The Hall–Kier alpha value is -1.38. The van der Waals surface area contributed by atoms with Crippen LogP contribution in [0.2, 0.25) is 0 Å². The number of amides is 1. The van der Waals surface area contributed by atoms with Crippen molar-refractivity contribution in [3.63, 3.8) is 0 Å². The predicted molar refractivity (Wildman–Crippen MR) is 44.6 cm³/mol. The Balaban J connectivity index is 2.26. The average molecular weight is 177 g/mol.